The van der Waals surface area contributed by atoms with Crippen molar-refractivity contribution >= 4 is 11.6 Å². The van der Waals surface area contributed by atoms with Crippen LogP contribution in [0.1, 0.15) is 36.0 Å². The predicted molar refractivity (Wildman–Crippen MR) is 64.4 cm³/mol. The van der Waals surface area contributed by atoms with Gasteiger partial charge in [0, 0.05) is 12.0 Å². The molecule has 0 spiro atoms. The third-order valence-electron chi connectivity index (χ3n) is 2.32. The van der Waals surface area contributed by atoms with Gasteiger partial charge in [-0.25, -0.2) is 0 Å². The highest BCUT2D eigenvalue weighted by Crippen LogP contribution is 2.06. The Morgan fingerprint density at radius 3 is 2.50 bits per heavy atom. The zero-order valence-electron chi connectivity index (χ0n) is 9.32. The van der Waals surface area contributed by atoms with E-state index in [1.54, 1.807) is 30.3 Å². The van der Waals surface area contributed by atoms with E-state index in [1.807, 2.05) is 6.07 Å². The lowest BCUT2D eigenvalue weighted by Gasteiger charge is -2.00. The summed E-state index contributed by atoms with van der Waals surface area (Å²) < 4.78 is 0. The van der Waals surface area contributed by atoms with E-state index in [0.717, 1.165) is 12.8 Å². The molecule has 0 N–H and O–H groups in total. The van der Waals surface area contributed by atoms with Crippen LogP contribution in [0, 0.1) is 0 Å². The van der Waals surface area contributed by atoms with Crippen molar-refractivity contribution in [2.45, 2.75) is 25.7 Å². The Morgan fingerprint density at radius 2 is 1.88 bits per heavy atom. The van der Waals surface area contributed by atoms with Crippen molar-refractivity contribution in [3.8, 4) is 0 Å². The second-order valence-electron chi connectivity index (χ2n) is 3.69. The standard InChI is InChI=1S/C14H16O2/c1-2-3-5-10-13(15)11-14(16)12-8-6-4-7-9-12/h2,4,6-9H,1,3,5,10-11H2. The molecule has 0 bridgehead atoms. The van der Waals surface area contributed by atoms with E-state index in [4.69, 9.17) is 0 Å². The summed E-state index contributed by atoms with van der Waals surface area (Å²) in [5.41, 5.74) is 0.611. The number of allylic oxidation sites excluding steroid dienone is 1. The van der Waals surface area contributed by atoms with Crippen molar-refractivity contribution in [3.05, 3.63) is 48.6 Å². The highest BCUT2D eigenvalue weighted by atomic mass is 16.1. The van der Waals surface area contributed by atoms with E-state index < -0.39 is 0 Å². The van der Waals surface area contributed by atoms with E-state index in [-0.39, 0.29) is 18.0 Å². The molecule has 0 heterocycles. The van der Waals surface area contributed by atoms with Crippen LogP contribution in [0.5, 0.6) is 0 Å². The Hall–Kier alpha value is -1.70. The summed E-state index contributed by atoms with van der Waals surface area (Å²) in [6.45, 7) is 3.59. The number of ketones is 2. The summed E-state index contributed by atoms with van der Waals surface area (Å²) in [5, 5.41) is 0. The molecular formula is C14H16O2. The molecule has 0 unspecified atom stereocenters. The minimum atomic E-state index is -0.0933. The summed E-state index contributed by atoms with van der Waals surface area (Å²) in [4.78, 5) is 23.1. The molecule has 0 saturated carbocycles. The third-order valence-corrected chi connectivity index (χ3v) is 2.32. The second kappa shape index (κ2) is 6.72. The van der Waals surface area contributed by atoms with Crippen LogP contribution in [0.3, 0.4) is 0 Å². The van der Waals surface area contributed by atoms with Crippen LogP contribution in [-0.2, 0) is 4.79 Å². The number of benzene rings is 1. The predicted octanol–water partition coefficient (Wildman–Crippen LogP) is 3.18. The van der Waals surface area contributed by atoms with Crippen LogP contribution in [0.15, 0.2) is 43.0 Å². The lowest BCUT2D eigenvalue weighted by Crippen LogP contribution is -2.07. The van der Waals surface area contributed by atoms with E-state index in [9.17, 15) is 9.59 Å². The smallest absolute Gasteiger partial charge is 0.170 e. The number of hydrogen-bond donors (Lipinski definition) is 0. The van der Waals surface area contributed by atoms with Gasteiger partial charge in [0.15, 0.2) is 5.78 Å². The zero-order valence-corrected chi connectivity index (χ0v) is 9.32. The van der Waals surface area contributed by atoms with Crippen LogP contribution >= 0.6 is 0 Å². The molecule has 0 saturated heterocycles. The molecule has 0 amide bonds. The molecule has 0 radical (unpaired) electrons. The maximum atomic E-state index is 11.6. The van der Waals surface area contributed by atoms with Gasteiger partial charge in [-0.3, -0.25) is 9.59 Å². The first kappa shape index (κ1) is 12.4. The van der Waals surface area contributed by atoms with E-state index in [1.165, 1.54) is 0 Å². The van der Waals surface area contributed by atoms with Gasteiger partial charge in [-0.1, -0.05) is 36.4 Å². The minimum absolute atomic E-state index is 0.00991. The average molecular weight is 216 g/mol. The Morgan fingerprint density at radius 1 is 1.19 bits per heavy atom. The maximum Gasteiger partial charge on any atom is 0.170 e. The number of Topliss-reactive ketones (excluding diaryl/α,β-unsaturated/α-hetero) is 2. The molecule has 1 aromatic carbocycles. The van der Waals surface area contributed by atoms with E-state index >= 15 is 0 Å². The molecule has 0 aliphatic carbocycles. The van der Waals surface area contributed by atoms with Crippen LogP contribution in [-0.4, -0.2) is 11.6 Å². The van der Waals surface area contributed by atoms with Gasteiger partial charge < -0.3 is 0 Å². The highest BCUT2D eigenvalue weighted by Gasteiger charge is 2.10. The fourth-order valence-electron chi connectivity index (χ4n) is 1.44. The van der Waals surface area contributed by atoms with Gasteiger partial charge in [0.25, 0.3) is 0 Å². The lowest BCUT2D eigenvalue weighted by atomic mass is 10.0. The Bertz CT molecular complexity index is 366. The van der Waals surface area contributed by atoms with Gasteiger partial charge in [-0.2, -0.15) is 0 Å². The van der Waals surface area contributed by atoms with Crippen LogP contribution in [0.25, 0.3) is 0 Å². The van der Waals surface area contributed by atoms with Gasteiger partial charge in [0.2, 0.25) is 0 Å². The number of carbonyl (C=O) groups is 2. The van der Waals surface area contributed by atoms with Crippen molar-refractivity contribution in [2.75, 3.05) is 0 Å². The fourth-order valence-corrected chi connectivity index (χ4v) is 1.44. The average Bonchev–Trinajstić information content (AvgIpc) is 2.30. The largest absolute Gasteiger partial charge is 0.299 e. The first-order chi connectivity index (χ1) is 7.74. The molecule has 84 valence electrons. The van der Waals surface area contributed by atoms with Gasteiger partial charge in [-0.05, 0) is 12.8 Å². The summed E-state index contributed by atoms with van der Waals surface area (Å²) in [6.07, 6.45) is 3.87. The SMILES string of the molecule is C=CCCCC(=O)CC(=O)c1ccccc1. The van der Waals surface area contributed by atoms with Crippen LogP contribution < -0.4 is 0 Å². The zero-order chi connectivity index (χ0) is 11.8. The number of unbranched alkanes of at least 4 members (excludes halogenated alkanes) is 1. The Labute approximate surface area is 96.0 Å². The summed E-state index contributed by atoms with van der Waals surface area (Å²) in [5.74, 6) is -0.0834. The first-order valence-electron chi connectivity index (χ1n) is 5.45. The van der Waals surface area contributed by atoms with Gasteiger partial charge in [-0.15, -0.1) is 6.58 Å². The maximum absolute atomic E-state index is 11.6. The van der Waals surface area contributed by atoms with Crippen LogP contribution in [0.2, 0.25) is 0 Å². The molecule has 2 heteroatoms. The van der Waals surface area contributed by atoms with Gasteiger partial charge >= 0.3 is 0 Å². The van der Waals surface area contributed by atoms with E-state index in [2.05, 4.69) is 6.58 Å². The van der Waals surface area contributed by atoms with Crippen molar-refractivity contribution in [2.24, 2.45) is 0 Å². The van der Waals surface area contributed by atoms with Crippen molar-refractivity contribution in [1.29, 1.82) is 0 Å². The van der Waals surface area contributed by atoms with Gasteiger partial charge in [0.05, 0.1) is 6.42 Å². The number of hydrogen-bond acceptors (Lipinski definition) is 2. The highest BCUT2D eigenvalue weighted by molar-refractivity contribution is 6.07. The molecule has 2 nitrogen and oxygen atoms in total. The molecular weight excluding hydrogens is 200 g/mol. The van der Waals surface area contributed by atoms with Crippen LogP contribution in [0.4, 0.5) is 0 Å². The van der Waals surface area contributed by atoms with Crippen molar-refractivity contribution < 1.29 is 9.59 Å². The molecule has 0 aliphatic heterocycles. The summed E-state index contributed by atoms with van der Waals surface area (Å²) in [6, 6.07) is 8.92. The van der Waals surface area contributed by atoms with E-state index in [0.29, 0.717) is 12.0 Å². The Kier molecular flexibility index (Phi) is 5.20. The summed E-state index contributed by atoms with van der Waals surface area (Å²) in [7, 11) is 0. The molecule has 16 heavy (non-hydrogen) atoms. The normalized spacial score (nSPS) is 9.75. The molecule has 1 aromatic rings. The quantitative estimate of drug-likeness (QED) is 0.303. The molecule has 0 atom stereocenters. The topological polar surface area (TPSA) is 34.1 Å². The third kappa shape index (κ3) is 4.22. The number of rotatable bonds is 7. The monoisotopic (exact) mass is 216 g/mol. The van der Waals surface area contributed by atoms with Crippen molar-refractivity contribution in [1.82, 2.24) is 0 Å². The second-order valence-corrected chi connectivity index (χ2v) is 3.69. The minimum Gasteiger partial charge on any atom is -0.299 e. The molecule has 1 rings (SSSR count). The van der Waals surface area contributed by atoms with Gasteiger partial charge in [0.1, 0.15) is 5.78 Å². The summed E-state index contributed by atoms with van der Waals surface area (Å²) >= 11 is 0. The molecule has 0 aromatic heterocycles. The lowest BCUT2D eigenvalue weighted by molar-refractivity contribution is -0.118. The van der Waals surface area contributed by atoms with Crippen molar-refractivity contribution in [3.63, 3.8) is 0 Å². The fraction of sp³-hybridized carbons (Fsp3) is 0.286. The Balaban J connectivity index is 2.40. The molecule has 0 aliphatic rings. The molecule has 0 fully saturated rings. The first-order valence-corrected chi connectivity index (χ1v) is 5.45. The number of carbonyl (C=O) groups excluding carboxylic acids is 2.